The first-order valence-electron chi connectivity index (χ1n) is 5.88. The standard InChI is InChI=1S/C14H20O3/c1-9(2)12-5-10(3)6-13(8-12)17-11(4)7-14(15)16/h5-6,8-9,11H,7H2,1-4H3,(H,15,16)/t11-/m0/s1. The molecular formula is C14H20O3. The normalized spacial score (nSPS) is 12.5. The molecule has 0 spiro atoms. The smallest absolute Gasteiger partial charge is 0.307 e. The number of rotatable bonds is 5. The Hall–Kier alpha value is -1.51. The lowest BCUT2D eigenvalue weighted by molar-refractivity contribution is -0.138. The van der Waals surface area contributed by atoms with E-state index in [1.54, 1.807) is 6.92 Å². The summed E-state index contributed by atoms with van der Waals surface area (Å²) in [6, 6.07) is 6.04. The molecule has 0 aliphatic carbocycles. The number of hydrogen-bond acceptors (Lipinski definition) is 2. The third-order valence-electron chi connectivity index (χ3n) is 2.54. The van der Waals surface area contributed by atoms with Crippen molar-refractivity contribution < 1.29 is 14.6 Å². The van der Waals surface area contributed by atoms with Crippen molar-refractivity contribution in [3.8, 4) is 5.75 Å². The van der Waals surface area contributed by atoms with Gasteiger partial charge in [0.1, 0.15) is 11.9 Å². The fraction of sp³-hybridized carbons (Fsp3) is 0.500. The highest BCUT2D eigenvalue weighted by molar-refractivity contribution is 5.67. The van der Waals surface area contributed by atoms with Crippen LogP contribution in [0.15, 0.2) is 18.2 Å². The van der Waals surface area contributed by atoms with Crippen LogP contribution in [0.4, 0.5) is 0 Å². The van der Waals surface area contributed by atoms with Gasteiger partial charge in [-0.2, -0.15) is 0 Å². The van der Waals surface area contributed by atoms with Crippen LogP contribution in [0.5, 0.6) is 5.75 Å². The first-order valence-corrected chi connectivity index (χ1v) is 5.88. The summed E-state index contributed by atoms with van der Waals surface area (Å²) in [4.78, 5) is 10.6. The van der Waals surface area contributed by atoms with E-state index in [9.17, 15) is 4.79 Å². The molecule has 1 rings (SSSR count). The minimum Gasteiger partial charge on any atom is -0.490 e. The highest BCUT2D eigenvalue weighted by Gasteiger charge is 2.10. The van der Waals surface area contributed by atoms with Crippen molar-refractivity contribution in [2.24, 2.45) is 0 Å². The Labute approximate surface area is 102 Å². The van der Waals surface area contributed by atoms with Gasteiger partial charge in [-0.05, 0) is 43.0 Å². The predicted molar refractivity (Wildman–Crippen MR) is 67.6 cm³/mol. The van der Waals surface area contributed by atoms with Gasteiger partial charge in [0.2, 0.25) is 0 Å². The SMILES string of the molecule is Cc1cc(O[C@@H](C)CC(=O)O)cc(C(C)C)c1. The van der Waals surface area contributed by atoms with Crippen LogP contribution in [0, 0.1) is 6.92 Å². The molecule has 3 nitrogen and oxygen atoms in total. The van der Waals surface area contributed by atoms with Gasteiger partial charge in [-0.3, -0.25) is 4.79 Å². The summed E-state index contributed by atoms with van der Waals surface area (Å²) >= 11 is 0. The van der Waals surface area contributed by atoms with E-state index in [1.165, 1.54) is 5.56 Å². The van der Waals surface area contributed by atoms with Gasteiger partial charge in [0.25, 0.3) is 0 Å². The molecule has 17 heavy (non-hydrogen) atoms. The summed E-state index contributed by atoms with van der Waals surface area (Å²) in [7, 11) is 0. The van der Waals surface area contributed by atoms with Crippen molar-refractivity contribution in [3.63, 3.8) is 0 Å². The lowest BCUT2D eigenvalue weighted by Crippen LogP contribution is -2.16. The van der Waals surface area contributed by atoms with Crippen LogP contribution in [0.3, 0.4) is 0 Å². The summed E-state index contributed by atoms with van der Waals surface area (Å²) in [5.41, 5.74) is 2.34. The van der Waals surface area contributed by atoms with Crippen LogP contribution in [0.25, 0.3) is 0 Å². The molecule has 1 N–H and O–H groups in total. The summed E-state index contributed by atoms with van der Waals surface area (Å²) in [6.45, 7) is 8.03. The second kappa shape index (κ2) is 5.71. The number of carboxylic acid groups (broad SMARTS) is 1. The molecule has 1 atom stereocenters. The van der Waals surface area contributed by atoms with E-state index in [-0.39, 0.29) is 12.5 Å². The molecule has 0 fully saturated rings. The number of carboxylic acids is 1. The van der Waals surface area contributed by atoms with Crippen molar-refractivity contribution in [1.82, 2.24) is 0 Å². The Bertz CT molecular complexity index is 396. The lowest BCUT2D eigenvalue weighted by Gasteiger charge is -2.15. The zero-order valence-electron chi connectivity index (χ0n) is 10.9. The van der Waals surface area contributed by atoms with Crippen LogP contribution < -0.4 is 4.74 Å². The molecule has 1 aromatic rings. The molecule has 0 unspecified atom stereocenters. The molecule has 0 aliphatic heterocycles. The molecule has 94 valence electrons. The van der Waals surface area contributed by atoms with E-state index in [1.807, 2.05) is 19.1 Å². The molecule has 0 radical (unpaired) electrons. The fourth-order valence-corrected chi connectivity index (χ4v) is 1.70. The van der Waals surface area contributed by atoms with E-state index in [2.05, 4.69) is 19.9 Å². The van der Waals surface area contributed by atoms with Gasteiger partial charge in [-0.15, -0.1) is 0 Å². The Morgan fingerprint density at radius 3 is 2.47 bits per heavy atom. The minimum absolute atomic E-state index is 0.0188. The van der Waals surface area contributed by atoms with Gasteiger partial charge in [-0.25, -0.2) is 0 Å². The van der Waals surface area contributed by atoms with Crippen LogP contribution >= 0.6 is 0 Å². The largest absolute Gasteiger partial charge is 0.490 e. The van der Waals surface area contributed by atoms with Gasteiger partial charge in [0.05, 0.1) is 6.42 Å². The van der Waals surface area contributed by atoms with Crippen LogP contribution in [0.2, 0.25) is 0 Å². The average Bonchev–Trinajstić information content (AvgIpc) is 2.14. The van der Waals surface area contributed by atoms with E-state index >= 15 is 0 Å². The topological polar surface area (TPSA) is 46.5 Å². The monoisotopic (exact) mass is 236 g/mol. The van der Waals surface area contributed by atoms with E-state index in [4.69, 9.17) is 9.84 Å². The van der Waals surface area contributed by atoms with Crippen molar-refractivity contribution in [2.45, 2.75) is 46.1 Å². The number of benzene rings is 1. The van der Waals surface area contributed by atoms with Gasteiger partial charge in [0.15, 0.2) is 0 Å². The number of carbonyl (C=O) groups is 1. The maximum Gasteiger partial charge on any atom is 0.307 e. The van der Waals surface area contributed by atoms with E-state index in [0.29, 0.717) is 5.92 Å². The van der Waals surface area contributed by atoms with Crippen LogP contribution in [-0.2, 0) is 4.79 Å². The first-order chi connectivity index (χ1) is 7.88. The Kier molecular flexibility index (Phi) is 4.55. The zero-order valence-corrected chi connectivity index (χ0v) is 10.9. The molecule has 1 aromatic carbocycles. The van der Waals surface area contributed by atoms with E-state index in [0.717, 1.165) is 11.3 Å². The molecule has 0 heterocycles. The molecule has 3 heteroatoms. The predicted octanol–water partition coefficient (Wildman–Crippen LogP) is 3.36. The van der Waals surface area contributed by atoms with Crippen LogP contribution in [-0.4, -0.2) is 17.2 Å². The van der Waals surface area contributed by atoms with E-state index < -0.39 is 5.97 Å². The van der Waals surface area contributed by atoms with Crippen molar-refractivity contribution in [2.75, 3.05) is 0 Å². The molecule has 0 aromatic heterocycles. The molecule has 0 amide bonds. The third-order valence-corrected chi connectivity index (χ3v) is 2.54. The molecular weight excluding hydrogens is 216 g/mol. The summed E-state index contributed by atoms with van der Waals surface area (Å²) in [5, 5.41) is 8.68. The summed E-state index contributed by atoms with van der Waals surface area (Å²) < 4.78 is 5.62. The zero-order chi connectivity index (χ0) is 13.0. The number of aryl methyl sites for hydroxylation is 1. The third kappa shape index (κ3) is 4.47. The van der Waals surface area contributed by atoms with Gasteiger partial charge >= 0.3 is 5.97 Å². The maximum absolute atomic E-state index is 10.6. The number of aliphatic carboxylic acids is 1. The molecule has 0 saturated carbocycles. The Morgan fingerprint density at radius 1 is 1.29 bits per heavy atom. The summed E-state index contributed by atoms with van der Waals surface area (Å²) in [5.74, 6) is 0.351. The fourth-order valence-electron chi connectivity index (χ4n) is 1.70. The van der Waals surface area contributed by atoms with Crippen molar-refractivity contribution in [1.29, 1.82) is 0 Å². The minimum atomic E-state index is -0.839. The van der Waals surface area contributed by atoms with Crippen molar-refractivity contribution >= 4 is 5.97 Å². The highest BCUT2D eigenvalue weighted by Crippen LogP contribution is 2.23. The second-order valence-electron chi connectivity index (χ2n) is 4.76. The van der Waals surface area contributed by atoms with Gasteiger partial charge < -0.3 is 9.84 Å². The maximum atomic E-state index is 10.6. The second-order valence-corrected chi connectivity index (χ2v) is 4.76. The molecule has 0 saturated heterocycles. The van der Waals surface area contributed by atoms with Crippen molar-refractivity contribution in [3.05, 3.63) is 29.3 Å². The first kappa shape index (κ1) is 13.6. The Balaban J connectivity index is 2.80. The lowest BCUT2D eigenvalue weighted by atomic mass is 10.0. The summed E-state index contributed by atoms with van der Waals surface area (Å²) in [6.07, 6.45) is -0.292. The number of ether oxygens (including phenoxy) is 1. The average molecular weight is 236 g/mol. The molecule has 0 aliphatic rings. The van der Waals surface area contributed by atoms with Crippen LogP contribution in [0.1, 0.15) is 44.2 Å². The molecule has 0 bridgehead atoms. The Morgan fingerprint density at radius 2 is 1.94 bits per heavy atom. The van der Waals surface area contributed by atoms with Gasteiger partial charge in [-0.1, -0.05) is 19.9 Å². The van der Waals surface area contributed by atoms with Gasteiger partial charge in [0, 0.05) is 0 Å². The quantitative estimate of drug-likeness (QED) is 0.852. The highest BCUT2D eigenvalue weighted by atomic mass is 16.5. The number of hydrogen-bond donors (Lipinski definition) is 1.